The Morgan fingerprint density at radius 3 is 2.48 bits per heavy atom. The summed E-state index contributed by atoms with van der Waals surface area (Å²) >= 11 is 0. The Morgan fingerprint density at radius 1 is 1.13 bits per heavy atom. The van der Waals surface area contributed by atoms with E-state index in [1.165, 1.54) is 35.8 Å². The number of aryl methyl sites for hydroxylation is 1. The minimum absolute atomic E-state index is 0.0177. The summed E-state index contributed by atoms with van der Waals surface area (Å²) < 4.78 is 24.2. The van der Waals surface area contributed by atoms with Gasteiger partial charge in [0, 0.05) is 13.2 Å². The lowest BCUT2D eigenvalue weighted by Gasteiger charge is -2.13. The van der Waals surface area contributed by atoms with Crippen LogP contribution in [0.2, 0.25) is 0 Å². The fourth-order valence-electron chi connectivity index (χ4n) is 2.76. The van der Waals surface area contributed by atoms with Gasteiger partial charge in [0.2, 0.25) is 5.75 Å². The van der Waals surface area contributed by atoms with Crippen LogP contribution in [0.25, 0.3) is 0 Å². The number of rotatable bonds is 9. The molecule has 2 aromatic heterocycles. The molecule has 3 rings (SSSR count). The molecular formula is C20H23N5O6. The molecule has 0 aliphatic heterocycles. The monoisotopic (exact) mass is 429 g/mol. The second-order valence-corrected chi connectivity index (χ2v) is 6.21. The summed E-state index contributed by atoms with van der Waals surface area (Å²) in [5.74, 6) is 0.564. The van der Waals surface area contributed by atoms with Crippen LogP contribution >= 0.6 is 0 Å². The zero-order valence-electron chi connectivity index (χ0n) is 17.6. The van der Waals surface area contributed by atoms with Gasteiger partial charge in [-0.05, 0) is 25.1 Å². The number of ether oxygens (including phenoxy) is 4. The number of anilines is 1. The zero-order valence-corrected chi connectivity index (χ0v) is 17.6. The van der Waals surface area contributed by atoms with Gasteiger partial charge in [-0.1, -0.05) is 6.07 Å². The summed E-state index contributed by atoms with van der Waals surface area (Å²) in [6, 6.07) is 6.80. The number of nitrogens with one attached hydrogen (secondary N) is 1. The number of amides is 1. The number of esters is 1. The van der Waals surface area contributed by atoms with Gasteiger partial charge in [0.05, 0.1) is 27.0 Å². The van der Waals surface area contributed by atoms with Crippen LogP contribution in [0.15, 0.2) is 36.7 Å². The summed E-state index contributed by atoms with van der Waals surface area (Å²) in [5, 5.41) is 10.9. The third-order valence-electron chi connectivity index (χ3n) is 4.26. The molecule has 11 heteroatoms. The molecule has 0 bridgehead atoms. The van der Waals surface area contributed by atoms with E-state index >= 15 is 0 Å². The Bertz CT molecular complexity index is 1050. The lowest BCUT2D eigenvalue weighted by Crippen LogP contribution is -2.18. The Hall–Kier alpha value is -4.02. The fourth-order valence-corrected chi connectivity index (χ4v) is 2.76. The SMILES string of the molecule is CCOC(=O)c1cnn(C)c1NC(=O)c1ccn(COc2c(OC)cccc2OC)n1. The Labute approximate surface area is 178 Å². The average molecular weight is 429 g/mol. The molecule has 0 saturated carbocycles. The van der Waals surface area contributed by atoms with Gasteiger partial charge in [-0.2, -0.15) is 10.2 Å². The summed E-state index contributed by atoms with van der Waals surface area (Å²) in [7, 11) is 4.66. The summed E-state index contributed by atoms with van der Waals surface area (Å²) in [6.45, 7) is 1.92. The number of carbonyl (C=O) groups excluding carboxylic acids is 2. The third kappa shape index (κ3) is 4.77. The van der Waals surface area contributed by atoms with Crippen LogP contribution < -0.4 is 19.5 Å². The van der Waals surface area contributed by atoms with E-state index in [2.05, 4.69) is 15.5 Å². The van der Waals surface area contributed by atoms with Crippen LogP contribution in [0.5, 0.6) is 17.2 Å². The molecule has 164 valence electrons. The van der Waals surface area contributed by atoms with Gasteiger partial charge >= 0.3 is 5.97 Å². The highest BCUT2D eigenvalue weighted by atomic mass is 16.5. The minimum atomic E-state index is -0.574. The number of aromatic nitrogens is 4. The van der Waals surface area contributed by atoms with Gasteiger partial charge in [-0.15, -0.1) is 0 Å². The molecule has 0 aliphatic carbocycles. The zero-order chi connectivity index (χ0) is 22.4. The maximum atomic E-state index is 12.6. The van der Waals surface area contributed by atoms with Crippen LogP contribution in [0.4, 0.5) is 5.82 Å². The Balaban J connectivity index is 1.70. The lowest BCUT2D eigenvalue weighted by atomic mass is 10.3. The Kier molecular flexibility index (Phi) is 6.75. The van der Waals surface area contributed by atoms with E-state index in [9.17, 15) is 9.59 Å². The van der Waals surface area contributed by atoms with Crippen molar-refractivity contribution < 1.29 is 28.5 Å². The molecule has 0 aliphatic rings. The average Bonchev–Trinajstić information content (AvgIpc) is 3.39. The van der Waals surface area contributed by atoms with E-state index in [4.69, 9.17) is 18.9 Å². The molecular weight excluding hydrogens is 406 g/mol. The van der Waals surface area contributed by atoms with Crippen LogP contribution in [0, 0.1) is 0 Å². The molecule has 11 nitrogen and oxygen atoms in total. The van der Waals surface area contributed by atoms with Crippen molar-refractivity contribution in [3.05, 3.63) is 47.9 Å². The highest BCUT2D eigenvalue weighted by Gasteiger charge is 2.21. The molecule has 1 aromatic carbocycles. The first-order valence-electron chi connectivity index (χ1n) is 9.36. The van der Waals surface area contributed by atoms with E-state index in [0.717, 1.165) is 0 Å². The summed E-state index contributed by atoms with van der Waals surface area (Å²) in [5.41, 5.74) is 0.287. The normalized spacial score (nSPS) is 10.5. The molecule has 3 aromatic rings. The second-order valence-electron chi connectivity index (χ2n) is 6.21. The molecule has 0 atom stereocenters. The second kappa shape index (κ2) is 9.65. The molecule has 0 fully saturated rings. The number of benzene rings is 1. The molecule has 31 heavy (non-hydrogen) atoms. The lowest BCUT2D eigenvalue weighted by molar-refractivity contribution is 0.0527. The first kappa shape index (κ1) is 21.7. The highest BCUT2D eigenvalue weighted by Crippen LogP contribution is 2.36. The first-order chi connectivity index (χ1) is 15.0. The van der Waals surface area contributed by atoms with Crippen LogP contribution in [0.1, 0.15) is 27.8 Å². The van der Waals surface area contributed by atoms with Crippen molar-refractivity contribution in [1.29, 1.82) is 0 Å². The number of hydrogen-bond acceptors (Lipinski definition) is 8. The Morgan fingerprint density at radius 2 is 1.84 bits per heavy atom. The fraction of sp³-hybridized carbons (Fsp3) is 0.300. The predicted octanol–water partition coefficient (Wildman–Crippen LogP) is 2.10. The van der Waals surface area contributed by atoms with E-state index in [1.54, 1.807) is 38.4 Å². The molecule has 0 radical (unpaired) electrons. The van der Waals surface area contributed by atoms with Crippen molar-refractivity contribution in [1.82, 2.24) is 19.6 Å². The smallest absolute Gasteiger partial charge is 0.343 e. The molecule has 1 N–H and O–H groups in total. The van der Waals surface area contributed by atoms with Crippen molar-refractivity contribution in [2.45, 2.75) is 13.7 Å². The van der Waals surface area contributed by atoms with E-state index in [0.29, 0.717) is 17.2 Å². The topological polar surface area (TPSA) is 119 Å². The largest absolute Gasteiger partial charge is 0.493 e. The van der Waals surface area contributed by atoms with Crippen LogP contribution in [0.3, 0.4) is 0 Å². The number of para-hydroxylation sites is 1. The number of nitrogens with zero attached hydrogens (tertiary/aromatic N) is 4. The highest BCUT2D eigenvalue weighted by molar-refractivity contribution is 6.06. The number of hydrogen-bond donors (Lipinski definition) is 1. The maximum absolute atomic E-state index is 12.6. The van der Waals surface area contributed by atoms with E-state index < -0.39 is 11.9 Å². The molecule has 0 saturated heterocycles. The predicted molar refractivity (Wildman–Crippen MR) is 110 cm³/mol. The van der Waals surface area contributed by atoms with Gasteiger partial charge in [0.15, 0.2) is 23.9 Å². The first-order valence-corrected chi connectivity index (χ1v) is 9.36. The van der Waals surface area contributed by atoms with Gasteiger partial charge in [-0.25, -0.2) is 9.48 Å². The molecule has 0 unspecified atom stereocenters. The van der Waals surface area contributed by atoms with Crippen molar-refractivity contribution in [3.8, 4) is 17.2 Å². The number of carbonyl (C=O) groups is 2. The van der Waals surface area contributed by atoms with Crippen molar-refractivity contribution in [2.24, 2.45) is 7.05 Å². The third-order valence-corrected chi connectivity index (χ3v) is 4.26. The number of methoxy groups -OCH3 is 2. The van der Waals surface area contributed by atoms with Crippen LogP contribution in [-0.2, 0) is 18.5 Å². The van der Waals surface area contributed by atoms with Crippen LogP contribution in [-0.4, -0.2) is 52.3 Å². The van der Waals surface area contributed by atoms with Gasteiger partial charge < -0.3 is 24.3 Å². The van der Waals surface area contributed by atoms with Crippen molar-refractivity contribution in [2.75, 3.05) is 26.1 Å². The van der Waals surface area contributed by atoms with E-state index in [-0.39, 0.29) is 30.4 Å². The minimum Gasteiger partial charge on any atom is -0.493 e. The van der Waals surface area contributed by atoms with Gasteiger partial charge in [-0.3, -0.25) is 9.48 Å². The van der Waals surface area contributed by atoms with Crippen molar-refractivity contribution >= 4 is 17.7 Å². The summed E-state index contributed by atoms with van der Waals surface area (Å²) in [4.78, 5) is 24.7. The standard InChI is InChI=1S/C20H23N5O6/c1-5-30-20(27)13-11-21-24(2)18(13)22-19(26)14-9-10-25(23-14)12-31-17-15(28-3)7-6-8-16(17)29-4/h6-11H,5,12H2,1-4H3,(H,22,26). The molecule has 2 heterocycles. The van der Waals surface area contributed by atoms with E-state index in [1.807, 2.05) is 0 Å². The molecule has 0 spiro atoms. The quantitative estimate of drug-likeness (QED) is 0.514. The van der Waals surface area contributed by atoms with Gasteiger partial charge in [0.25, 0.3) is 5.91 Å². The maximum Gasteiger partial charge on any atom is 0.343 e. The molecule has 1 amide bonds. The van der Waals surface area contributed by atoms with Gasteiger partial charge in [0.1, 0.15) is 11.4 Å². The van der Waals surface area contributed by atoms with Crippen molar-refractivity contribution in [3.63, 3.8) is 0 Å². The summed E-state index contributed by atoms with van der Waals surface area (Å²) in [6.07, 6.45) is 2.92.